The number of hydrogen-bond acceptors (Lipinski definition) is 6. The number of rotatable bonds is 7. The van der Waals surface area contributed by atoms with Gasteiger partial charge in [0.2, 0.25) is 5.88 Å². The average molecular weight is 269 g/mol. The minimum absolute atomic E-state index is 0.100. The summed E-state index contributed by atoms with van der Waals surface area (Å²) in [5, 5.41) is 19.5. The molecule has 8 heteroatoms. The second-order valence-electron chi connectivity index (χ2n) is 4.11. The van der Waals surface area contributed by atoms with Crippen LogP contribution in [0.25, 0.3) is 0 Å². The van der Waals surface area contributed by atoms with Crippen molar-refractivity contribution in [3.8, 4) is 5.88 Å². The topological polar surface area (TPSA) is 106 Å². The molecule has 0 aliphatic heterocycles. The summed E-state index contributed by atoms with van der Waals surface area (Å²) < 4.78 is 5.24. The number of carboxylic acid groups (broad SMARTS) is 1. The number of aromatic nitrogens is 1. The number of aromatic carboxylic acids is 1. The summed E-state index contributed by atoms with van der Waals surface area (Å²) in [7, 11) is 3.82. The molecule has 0 saturated heterocycles. The van der Waals surface area contributed by atoms with E-state index in [1.807, 2.05) is 19.0 Å². The van der Waals surface area contributed by atoms with Crippen LogP contribution < -0.4 is 4.74 Å². The normalized spacial score (nSPS) is 10.5. The van der Waals surface area contributed by atoms with Crippen LogP contribution in [0.3, 0.4) is 0 Å². The molecule has 8 nitrogen and oxygen atoms in total. The molecule has 0 atom stereocenters. The Morgan fingerprint density at radius 3 is 2.79 bits per heavy atom. The van der Waals surface area contributed by atoms with Gasteiger partial charge in [0.1, 0.15) is 11.8 Å². The van der Waals surface area contributed by atoms with Crippen LogP contribution >= 0.6 is 0 Å². The minimum Gasteiger partial charge on any atom is -0.477 e. The highest BCUT2D eigenvalue weighted by Crippen LogP contribution is 2.21. The van der Waals surface area contributed by atoms with Crippen LogP contribution in [0, 0.1) is 10.1 Å². The van der Waals surface area contributed by atoms with Crippen molar-refractivity contribution in [1.82, 2.24) is 9.88 Å². The van der Waals surface area contributed by atoms with Crippen molar-refractivity contribution >= 4 is 11.7 Å². The van der Waals surface area contributed by atoms with E-state index in [-0.39, 0.29) is 17.1 Å². The number of nitro groups is 1. The largest absolute Gasteiger partial charge is 0.477 e. The van der Waals surface area contributed by atoms with Gasteiger partial charge in [-0.05, 0) is 20.5 Å². The van der Waals surface area contributed by atoms with E-state index in [1.165, 1.54) is 0 Å². The fraction of sp³-hybridized carbons (Fsp3) is 0.455. The first-order chi connectivity index (χ1) is 8.91. The van der Waals surface area contributed by atoms with Gasteiger partial charge in [-0.15, -0.1) is 0 Å². The highest BCUT2D eigenvalue weighted by molar-refractivity contribution is 5.90. The predicted octanol–water partition coefficient (Wildman–Crippen LogP) is 1.02. The van der Waals surface area contributed by atoms with E-state index in [1.54, 1.807) is 0 Å². The molecule has 0 unspecified atom stereocenters. The maximum absolute atomic E-state index is 11.0. The predicted molar refractivity (Wildman–Crippen MR) is 66.5 cm³/mol. The van der Waals surface area contributed by atoms with E-state index in [4.69, 9.17) is 9.84 Å². The highest BCUT2D eigenvalue weighted by Gasteiger charge is 2.18. The second-order valence-corrected chi connectivity index (χ2v) is 4.11. The summed E-state index contributed by atoms with van der Waals surface area (Å²) in [6, 6.07) is 0.941. The van der Waals surface area contributed by atoms with Gasteiger partial charge in [-0.2, -0.15) is 0 Å². The Kier molecular flexibility index (Phi) is 5.19. The van der Waals surface area contributed by atoms with Crippen LogP contribution in [0.1, 0.15) is 16.8 Å². The van der Waals surface area contributed by atoms with Crippen LogP contribution in [-0.4, -0.2) is 53.1 Å². The molecule has 0 saturated carbocycles. The standard InChI is InChI=1S/C11H15N3O5/c1-13(2)4-3-5-19-10-9(11(15)16)6-8(7-12-10)14(17)18/h6-7H,3-5H2,1-2H3,(H,15,16). The zero-order valence-electron chi connectivity index (χ0n) is 10.7. The van der Waals surface area contributed by atoms with Crippen molar-refractivity contribution in [2.75, 3.05) is 27.2 Å². The summed E-state index contributed by atoms with van der Waals surface area (Å²) >= 11 is 0. The Morgan fingerprint density at radius 1 is 1.58 bits per heavy atom. The van der Waals surface area contributed by atoms with Crippen molar-refractivity contribution in [2.45, 2.75) is 6.42 Å². The number of hydrogen-bond donors (Lipinski definition) is 1. The van der Waals surface area contributed by atoms with Crippen LogP contribution in [0.2, 0.25) is 0 Å². The number of carboxylic acids is 1. The molecule has 0 fully saturated rings. The summed E-state index contributed by atoms with van der Waals surface area (Å²) in [6.45, 7) is 1.08. The van der Waals surface area contributed by atoms with E-state index in [9.17, 15) is 14.9 Å². The quantitative estimate of drug-likeness (QED) is 0.447. The Hall–Kier alpha value is -2.22. The molecule has 19 heavy (non-hydrogen) atoms. The Labute approximate surface area is 109 Å². The van der Waals surface area contributed by atoms with E-state index >= 15 is 0 Å². The van der Waals surface area contributed by atoms with Crippen LogP contribution in [0.15, 0.2) is 12.3 Å². The summed E-state index contributed by atoms with van der Waals surface area (Å²) in [5.74, 6) is -1.41. The third-order valence-electron chi connectivity index (χ3n) is 2.27. The van der Waals surface area contributed by atoms with E-state index in [0.717, 1.165) is 18.8 Å². The second kappa shape index (κ2) is 6.64. The summed E-state index contributed by atoms with van der Waals surface area (Å²) in [4.78, 5) is 26.5. The van der Waals surface area contributed by atoms with E-state index < -0.39 is 10.9 Å². The van der Waals surface area contributed by atoms with Gasteiger partial charge < -0.3 is 14.7 Å². The fourth-order valence-electron chi connectivity index (χ4n) is 1.36. The number of nitrogens with zero attached hydrogens (tertiary/aromatic N) is 3. The first-order valence-electron chi connectivity index (χ1n) is 5.57. The maximum Gasteiger partial charge on any atom is 0.341 e. The SMILES string of the molecule is CN(C)CCCOc1ncc([N+](=O)[O-])cc1C(=O)O. The van der Waals surface area contributed by atoms with E-state index in [2.05, 4.69) is 4.98 Å². The van der Waals surface area contributed by atoms with Gasteiger partial charge in [0.15, 0.2) is 0 Å². The molecule has 0 aromatic carbocycles. The minimum atomic E-state index is -1.31. The molecule has 1 heterocycles. The molecule has 0 bridgehead atoms. The molecule has 1 aromatic rings. The van der Waals surface area contributed by atoms with Gasteiger partial charge in [0.25, 0.3) is 5.69 Å². The third kappa shape index (κ3) is 4.51. The summed E-state index contributed by atoms with van der Waals surface area (Å²) in [5.41, 5.74) is -0.683. The molecule has 0 radical (unpaired) electrons. The Bertz CT molecular complexity index is 475. The first kappa shape index (κ1) is 14.8. The average Bonchev–Trinajstić information content (AvgIpc) is 2.34. The van der Waals surface area contributed by atoms with Gasteiger partial charge in [0.05, 0.1) is 11.5 Å². The zero-order chi connectivity index (χ0) is 14.4. The lowest BCUT2D eigenvalue weighted by atomic mass is 10.2. The molecule has 0 spiro atoms. The molecular formula is C11H15N3O5. The van der Waals surface area contributed by atoms with Gasteiger partial charge in [-0.3, -0.25) is 10.1 Å². The number of carbonyl (C=O) groups is 1. The molecule has 0 aliphatic rings. The maximum atomic E-state index is 11.0. The van der Waals surface area contributed by atoms with Gasteiger partial charge in [0, 0.05) is 12.6 Å². The smallest absolute Gasteiger partial charge is 0.341 e. The van der Waals surface area contributed by atoms with Gasteiger partial charge >= 0.3 is 5.97 Å². The van der Waals surface area contributed by atoms with E-state index in [0.29, 0.717) is 13.0 Å². The van der Waals surface area contributed by atoms with Crippen LogP contribution in [0.4, 0.5) is 5.69 Å². The summed E-state index contributed by atoms with van der Waals surface area (Å²) in [6.07, 6.45) is 1.68. The molecule has 1 rings (SSSR count). The lowest BCUT2D eigenvalue weighted by Crippen LogP contribution is -2.16. The number of pyridine rings is 1. The van der Waals surface area contributed by atoms with Crippen molar-refractivity contribution in [3.05, 3.63) is 27.9 Å². The van der Waals surface area contributed by atoms with Crippen LogP contribution in [-0.2, 0) is 0 Å². The highest BCUT2D eigenvalue weighted by atomic mass is 16.6. The molecule has 0 aliphatic carbocycles. The Morgan fingerprint density at radius 2 is 2.26 bits per heavy atom. The molecular weight excluding hydrogens is 254 g/mol. The van der Waals surface area contributed by atoms with Crippen LogP contribution in [0.5, 0.6) is 5.88 Å². The van der Waals surface area contributed by atoms with Crippen molar-refractivity contribution < 1.29 is 19.6 Å². The molecule has 1 aromatic heterocycles. The first-order valence-corrected chi connectivity index (χ1v) is 5.57. The van der Waals surface area contributed by atoms with Crippen molar-refractivity contribution in [2.24, 2.45) is 0 Å². The lowest BCUT2D eigenvalue weighted by molar-refractivity contribution is -0.385. The van der Waals surface area contributed by atoms with Crippen molar-refractivity contribution in [3.63, 3.8) is 0 Å². The lowest BCUT2D eigenvalue weighted by Gasteiger charge is -2.10. The Balaban J connectivity index is 2.77. The molecule has 0 amide bonds. The van der Waals surface area contributed by atoms with Gasteiger partial charge in [-0.25, -0.2) is 9.78 Å². The fourth-order valence-corrected chi connectivity index (χ4v) is 1.36. The van der Waals surface area contributed by atoms with Gasteiger partial charge in [-0.1, -0.05) is 0 Å². The number of ether oxygens (including phenoxy) is 1. The monoisotopic (exact) mass is 269 g/mol. The van der Waals surface area contributed by atoms with Crippen molar-refractivity contribution in [1.29, 1.82) is 0 Å². The zero-order valence-corrected chi connectivity index (χ0v) is 10.7. The third-order valence-corrected chi connectivity index (χ3v) is 2.27. The molecule has 104 valence electrons. The molecule has 1 N–H and O–H groups in total.